The van der Waals surface area contributed by atoms with Crippen LogP contribution in [0.25, 0.3) is 0 Å². The molecule has 1 N–H and O–H groups in total. The maximum Gasteiger partial charge on any atom is 0.310 e. The molecular formula is C28H38O5. The van der Waals surface area contributed by atoms with Crippen molar-refractivity contribution in [2.24, 2.45) is 17.8 Å². The van der Waals surface area contributed by atoms with Crippen molar-refractivity contribution in [2.75, 3.05) is 0 Å². The summed E-state index contributed by atoms with van der Waals surface area (Å²) >= 11 is 0. The maximum atomic E-state index is 12.9. The van der Waals surface area contributed by atoms with Gasteiger partial charge in [-0.05, 0) is 75.6 Å². The Balaban J connectivity index is 1.97. The molecule has 1 unspecified atom stereocenters. The summed E-state index contributed by atoms with van der Waals surface area (Å²) < 4.78 is 11.4. The van der Waals surface area contributed by atoms with Gasteiger partial charge in [0.15, 0.2) is 0 Å². The lowest BCUT2D eigenvalue weighted by Crippen LogP contribution is -2.36. The number of benzene rings is 2. The normalized spacial score (nSPS) is 13.4. The quantitative estimate of drug-likeness (QED) is 0.381. The molecule has 33 heavy (non-hydrogen) atoms. The van der Waals surface area contributed by atoms with E-state index in [9.17, 15) is 14.7 Å². The second-order valence-corrected chi connectivity index (χ2v) is 10.0. The third-order valence-corrected chi connectivity index (χ3v) is 5.39. The number of esters is 1. The molecule has 0 heterocycles. The number of aryl methyl sites for hydroxylation is 1. The summed E-state index contributed by atoms with van der Waals surface area (Å²) in [7, 11) is 0. The van der Waals surface area contributed by atoms with E-state index in [4.69, 9.17) is 9.47 Å². The Labute approximate surface area is 198 Å². The second-order valence-electron chi connectivity index (χ2n) is 10.0. The number of hydrogen-bond acceptors (Lipinski definition) is 4. The van der Waals surface area contributed by atoms with Crippen molar-refractivity contribution in [3.05, 3.63) is 65.7 Å². The van der Waals surface area contributed by atoms with Crippen molar-refractivity contribution in [3.63, 3.8) is 0 Å². The lowest BCUT2D eigenvalue weighted by molar-refractivity contribution is -0.167. The molecule has 0 bridgehead atoms. The van der Waals surface area contributed by atoms with Gasteiger partial charge in [0.1, 0.15) is 18.0 Å². The van der Waals surface area contributed by atoms with Gasteiger partial charge in [0, 0.05) is 0 Å². The Morgan fingerprint density at radius 3 is 2.09 bits per heavy atom. The van der Waals surface area contributed by atoms with Crippen molar-refractivity contribution >= 4 is 11.9 Å². The highest BCUT2D eigenvalue weighted by molar-refractivity contribution is 5.81. The molecule has 0 aliphatic heterocycles. The minimum atomic E-state index is -0.931. The molecule has 180 valence electrons. The number of carboxylic acids is 1. The number of carboxylic acid groups (broad SMARTS) is 1. The molecule has 0 saturated carbocycles. The Morgan fingerprint density at radius 1 is 0.909 bits per heavy atom. The van der Waals surface area contributed by atoms with Gasteiger partial charge in [-0.1, -0.05) is 56.3 Å². The molecule has 5 nitrogen and oxygen atoms in total. The van der Waals surface area contributed by atoms with E-state index < -0.39 is 29.4 Å². The molecule has 0 fully saturated rings. The molecule has 2 aromatic rings. The maximum absolute atomic E-state index is 12.9. The summed E-state index contributed by atoms with van der Waals surface area (Å²) in [6.45, 7) is 9.89. The first-order valence-corrected chi connectivity index (χ1v) is 11.8. The zero-order valence-corrected chi connectivity index (χ0v) is 20.5. The van der Waals surface area contributed by atoms with Crippen molar-refractivity contribution in [1.29, 1.82) is 0 Å². The van der Waals surface area contributed by atoms with Crippen molar-refractivity contribution in [3.8, 4) is 5.75 Å². The fraction of sp³-hybridized carbons (Fsp3) is 0.500. The van der Waals surface area contributed by atoms with E-state index in [0.29, 0.717) is 25.9 Å². The minimum Gasteiger partial charge on any atom is -0.489 e. The summed E-state index contributed by atoms with van der Waals surface area (Å²) in [4.78, 5) is 24.8. The zero-order valence-electron chi connectivity index (χ0n) is 20.5. The Morgan fingerprint density at radius 2 is 1.55 bits per heavy atom. The fourth-order valence-corrected chi connectivity index (χ4v) is 3.83. The molecule has 0 radical (unpaired) electrons. The van der Waals surface area contributed by atoms with Gasteiger partial charge >= 0.3 is 11.9 Å². The van der Waals surface area contributed by atoms with Gasteiger partial charge in [0.2, 0.25) is 0 Å². The number of carbonyl (C=O) groups excluding carboxylic acids is 1. The van der Waals surface area contributed by atoms with Crippen LogP contribution in [0.3, 0.4) is 0 Å². The topological polar surface area (TPSA) is 72.8 Å². The third kappa shape index (κ3) is 9.68. The van der Waals surface area contributed by atoms with E-state index in [1.807, 2.05) is 89.2 Å². The molecule has 0 saturated heterocycles. The van der Waals surface area contributed by atoms with Crippen LogP contribution >= 0.6 is 0 Å². The summed E-state index contributed by atoms with van der Waals surface area (Å²) in [5.74, 6) is -1.76. The first-order chi connectivity index (χ1) is 15.5. The van der Waals surface area contributed by atoms with Crippen LogP contribution in [0, 0.1) is 17.8 Å². The second kappa shape index (κ2) is 12.4. The van der Waals surface area contributed by atoms with Crippen LogP contribution in [0.1, 0.15) is 65.0 Å². The van der Waals surface area contributed by atoms with Crippen LogP contribution in [0.15, 0.2) is 54.6 Å². The van der Waals surface area contributed by atoms with E-state index in [-0.39, 0.29) is 5.92 Å². The van der Waals surface area contributed by atoms with E-state index in [2.05, 4.69) is 0 Å². The van der Waals surface area contributed by atoms with Gasteiger partial charge < -0.3 is 14.6 Å². The first kappa shape index (κ1) is 26.4. The number of aliphatic carboxylic acids is 1. The summed E-state index contributed by atoms with van der Waals surface area (Å²) in [6, 6.07) is 17.9. The fourth-order valence-electron chi connectivity index (χ4n) is 3.83. The first-order valence-electron chi connectivity index (χ1n) is 11.8. The van der Waals surface area contributed by atoms with Crippen LogP contribution in [0.4, 0.5) is 0 Å². The largest absolute Gasteiger partial charge is 0.489 e. The molecule has 0 amide bonds. The SMILES string of the molecule is CC(C)C[C@@H](C(=O)O)C(CCCc1ccc(OCc2ccccc2)cc1)C(=O)OC(C)(C)C. The van der Waals surface area contributed by atoms with Crippen LogP contribution in [-0.4, -0.2) is 22.6 Å². The molecule has 2 aromatic carbocycles. The average Bonchev–Trinajstić information content (AvgIpc) is 2.74. The van der Waals surface area contributed by atoms with Crippen LogP contribution in [-0.2, 0) is 27.4 Å². The molecule has 0 spiro atoms. The van der Waals surface area contributed by atoms with Crippen LogP contribution in [0.2, 0.25) is 0 Å². The van der Waals surface area contributed by atoms with Crippen LogP contribution < -0.4 is 4.74 Å². The van der Waals surface area contributed by atoms with Crippen molar-refractivity contribution < 1.29 is 24.2 Å². The van der Waals surface area contributed by atoms with E-state index in [1.165, 1.54) is 0 Å². The lowest BCUT2D eigenvalue weighted by atomic mass is 9.82. The van der Waals surface area contributed by atoms with Gasteiger partial charge in [-0.3, -0.25) is 9.59 Å². The molecule has 2 atom stereocenters. The predicted octanol–water partition coefficient (Wildman–Crippen LogP) is 6.29. The highest BCUT2D eigenvalue weighted by atomic mass is 16.6. The monoisotopic (exact) mass is 454 g/mol. The standard InChI is InChI=1S/C28H38O5/c1-20(2)18-25(26(29)30)24(27(31)33-28(3,4)5)13-9-12-21-14-16-23(17-15-21)32-19-22-10-7-6-8-11-22/h6-8,10-11,14-17,20,24-25H,9,12-13,18-19H2,1-5H3,(H,29,30)/t24?,25-/m1/s1. The van der Waals surface area contributed by atoms with Gasteiger partial charge in [-0.25, -0.2) is 0 Å². The molecule has 5 heteroatoms. The molecule has 0 aliphatic carbocycles. The molecule has 2 rings (SSSR count). The lowest BCUT2D eigenvalue weighted by Gasteiger charge is -2.28. The van der Waals surface area contributed by atoms with Crippen molar-refractivity contribution in [2.45, 2.75) is 72.5 Å². The Bertz CT molecular complexity index is 865. The smallest absolute Gasteiger partial charge is 0.310 e. The van der Waals surface area contributed by atoms with E-state index in [0.717, 1.165) is 23.3 Å². The van der Waals surface area contributed by atoms with E-state index in [1.54, 1.807) is 0 Å². The molecule has 0 aromatic heterocycles. The number of rotatable bonds is 12. The molecular weight excluding hydrogens is 416 g/mol. The summed E-state index contributed by atoms with van der Waals surface area (Å²) in [5.41, 5.74) is 1.59. The Hall–Kier alpha value is -2.82. The van der Waals surface area contributed by atoms with E-state index >= 15 is 0 Å². The number of carbonyl (C=O) groups is 2. The predicted molar refractivity (Wildman–Crippen MR) is 130 cm³/mol. The number of ether oxygens (including phenoxy) is 2. The van der Waals surface area contributed by atoms with Gasteiger partial charge in [0.05, 0.1) is 11.8 Å². The third-order valence-electron chi connectivity index (χ3n) is 5.39. The summed E-state index contributed by atoms with van der Waals surface area (Å²) in [5, 5.41) is 9.80. The van der Waals surface area contributed by atoms with Gasteiger partial charge in [-0.2, -0.15) is 0 Å². The highest BCUT2D eigenvalue weighted by Gasteiger charge is 2.36. The van der Waals surface area contributed by atoms with Crippen molar-refractivity contribution in [1.82, 2.24) is 0 Å². The minimum absolute atomic E-state index is 0.180. The zero-order chi connectivity index (χ0) is 24.4. The molecule has 0 aliphatic rings. The highest BCUT2D eigenvalue weighted by Crippen LogP contribution is 2.29. The van der Waals surface area contributed by atoms with Crippen LogP contribution in [0.5, 0.6) is 5.75 Å². The number of hydrogen-bond donors (Lipinski definition) is 1. The van der Waals surface area contributed by atoms with Gasteiger partial charge in [0.25, 0.3) is 0 Å². The summed E-state index contributed by atoms with van der Waals surface area (Å²) in [6.07, 6.45) is 2.39. The average molecular weight is 455 g/mol. The van der Waals surface area contributed by atoms with Gasteiger partial charge in [-0.15, -0.1) is 0 Å². The Kier molecular flexibility index (Phi) is 9.95.